The van der Waals surface area contributed by atoms with Crippen LogP contribution in [-0.4, -0.2) is 20.7 Å². The van der Waals surface area contributed by atoms with Gasteiger partial charge in [-0.25, -0.2) is 0 Å². The molecule has 17 heavy (non-hydrogen) atoms. The van der Waals surface area contributed by atoms with Crippen molar-refractivity contribution in [3.63, 3.8) is 0 Å². The van der Waals surface area contributed by atoms with Crippen molar-refractivity contribution in [3.05, 3.63) is 47.3 Å². The number of nitrogens with one attached hydrogen (secondary N) is 2. The second-order valence-corrected chi connectivity index (χ2v) is 4.69. The van der Waals surface area contributed by atoms with Crippen LogP contribution in [0.5, 0.6) is 5.75 Å². The number of fused-ring (bicyclic) bond motifs is 1. The van der Waals surface area contributed by atoms with E-state index >= 15 is 0 Å². The fraction of sp³-hybridized carbons (Fsp3) is 0.286. The van der Waals surface area contributed by atoms with Crippen molar-refractivity contribution in [3.8, 4) is 5.75 Å². The summed E-state index contributed by atoms with van der Waals surface area (Å²) in [5.41, 5.74) is 5.28. The minimum absolute atomic E-state index is 0.928. The highest BCUT2D eigenvalue weighted by atomic mass is 16.5. The number of likely N-dealkylation sites (N-methyl/N-ethyl adjacent to an activating group) is 1. The number of rotatable bonds is 1. The van der Waals surface area contributed by atoms with Gasteiger partial charge < -0.3 is 15.0 Å². The fourth-order valence-corrected chi connectivity index (χ4v) is 2.42. The zero-order chi connectivity index (χ0) is 11.8. The first kappa shape index (κ1) is 10.4. The van der Waals surface area contributed by atoms with E-state index in [0.717, 1.165) is 18.7 Å². The van der Waals surface area contributed by atoms with Crippen LogP contribution in [-0.2, 0) is 6.42 Å². The van der Waals surface area contributed by atoms with Crippen molar-refractivity contribution >= 4 is 5.69 Å². The van der Waals surface area contributed by atoms with E-state index in [0.29, 0.717) is 0 Å². The summed E-state index contributed by atoms with van der Waals surface area (Å²) in [6.45, 7) is 1.04. The van der Waals surface area contributed by atoms with Gasteiger partial charge in [-0.15, -0.1) is 0 Å². The van der Waals surface area contributed by atoms with Crippen molar-refractivity contribution in [2.75, 3.05) is 26.0 Å². The second kappa shape index (κ2) is 3.93. The predicted molar refractivity (Wildman–Crippen MR) is 68.2 cm³/mol. The zero-order valence-corrected chi connectivity index (χ0v) is 10.2. The number of benzene rings is 1. The summed E-state index contributed by atoms with van der Waals surface area (Å²) in [5.74, 6) is 0.928. The molecule has 0 radical (unpaired) electrons. The summed E-state index contributed by atoms with van der Waals surface area (Å²) in [5, 5.41) is 3.53. The molecular weight excluding hydrogens is 212 g/mol. The predicted octanol–water partition coefficient (Wildman–Crippen LogP) is 0.959. The van der Waals surface area contributed by atoms with E-state index in [2.05, 4.69) is 36.8 Å². The molecule has 0 amide bonds. The van der Waals surface area contributed by atoms with Crippen molar-refractivity contribution in [1.82, 2.24) is 0 Å². The van der Waals surface area contributed by atoms with E-state index in [1.165, 1.54) is 27.4 Å². The molecule has 3 nitrogen and oxygen atoms in total. The van der Waals surface area contributed by atoms with Crippen LogP contribution in [0.1, 0.15) is 5.56 Å². The minimum atomic E-state index is 0.928. The van der Waals surface area contributed by atoms with Crippen LogP contribution in [0.4, 0.5) is 5.69 Å². The van der Waals surface area contributed by atoms with Crippen LogP contribution in [0.25, 0.3) is 0 Å². The number of anilines is 1. The van der Waals surface area contributed by atoms with E-state index in [9.17, 15) is 0 Å². The maximum atomic E-state index is 5.27. The van der Waals surface area contributed by atoms with Crippen molar-refractivity contribution in [2.24, 2.45) is 0 Å². The SMILES string of the molecule is COc1ccc2c(c1)CC1=C(C[NH+](C)C=C1)N2. The minimum Gasteiger partial charge on any atom is -0.497 e. The third-order valence-electron chi connectivity index (χ3n) is 3.39. The molecule has 3 heteroatoms. The largest absolute Gasteiger partial charge is 0.497 e. The van der Waals surface area contributed by atoms with Crippen LogP contribution in [0, 0.1) is 0 Å². The molecule has 0 fully saturated rings. The zero-order valence-electron chi connectivity index (χ0n) is 10.2. The smallest absolute Gasteiger partial charge is 0.122 e. The molecule has 0 bridgehead atoms. The summed E-state index contributed by atoms with van der Waals surface area (Å²) in [4.78, 5) is 1.41. The quantitative estimate of drug-likeness (QED) is 0.750. The molecule has 0 saturated heterocycles. The summed E-state index contributed by atoms with van der Waals surface area (Å²) >= 11 is 0. The Bertz CT molecular complexity index is 517. The number of quaternary nitrogens is 1. The van der Waals surface area contributed by atoms with E-state index in [1.807, 2.05) is 6.07 Å². The van der Waals surface area contributed by atoms with E-state index in [4.69, 9.17) is 4.74 Å². The summed E-state index contributed by atoms with van der Waals surface area (Å²) in [6.07, 6.45) is 5.44. The standard InChI is InChI=1S/C14H16N2O/c1-16-6-5-10-7-11-8-12(17-2)3-4-13(11)15-14(10)9-16/h3-6,8,15H,7,9H2,1-2H3/p+1. The summed E-state index contributed by atoms with van der Waals surface area (Å²) < 4.78 is 5.27. The summed E-state index contributed by atoms with van der Waals surface area (Å²) in [7, 11) is 3.88. The Balaban J connectivity index is 1.95. The van der Waals surface area contributed by atoms with Gasteiger partial charge in [0.25, 0.3) is 0 Å². The van der Waals surface area contributed by atoms with Crippen LogP contribution < -0.4 is 15.0 Å². The Hall–Kier alpha value is -1.74. The van der Waals surface area contributed by atoms with Crippen molar-refractivity contribution < 1.29 is 9.64 Å². The molecule has 2 aliphatic rings. The van der Waals surface area contributed by atoms with Crippen LogP contribution in [0.15, 0.2) is 41.7 Å². The normalized spacial score (nSPS) is 21.6. The Kier molecular flexibility index (Phi) is 2.41. The van der Waals surface area contributed by atoms with Crippen LogP contribution in [0.2, 0.25) is 0 Å². The molecule has 0 aromatic heterocycles. The molecule has 0 aliphatic carbocycles. The topological polar surface area (TPSA) is 25.7 Å². The van der Waals surface area contributed by atoms with Gasteiger partial charge in [0, 0.05) is 12.1 Å². The second-order valence-electron chi connectivity index (χ2n) is 4.69. The first-order valence-corrected chi connectivity index (χ1v) is 5.93. The van der Waals surface area contributed by atoms with Crippen LogP contribution >= 0.6 is 0 Å². The Morgan fingerprint density at radius 1 is 1.35 bits per heavy atom. The van der Waals surface area contributed by atoms with Gasteiger partial charge in [-0.2, -0.15) is 0 Å². The van der Waals surface area contributed by atoms with Crippen molar-refractivity contribution in [2.45, 2.75) is 6.42 Å². The van der Waals surface area contributed by atoms with Crippen molar-refractivity contribution in [1.29, 1.82) is 0 Å². The first-order chi connectivity index (χ1) is 8.26. The lowest BCUT2D eigenvalue weighted by Crippen LogP contribution is -3.05. The Labute approximate surface area is 101 Å². The lowest BCUT2D eigenvalue weighted by Gasteiger charge is -2.27. The number of hydrogen-bond donors (Lipinski definition) is 2. The van der Waals surface area contributed by atoms with Gasteiger partial charge in [0.15, 0.2) is 0 Å². The van der Waals surface area contributed by atoms with E-state index < -0.39 is 0 Å². The Morgan fingerprint density at radius 2 is 2.24 bits per heavy atom. The number of allylic oxidation sites excluding steroid dienone is 2. The molecule has 3 rings (SSSR count). The average Bonchev–Trinajstić information content (AvgIpc) is 2.35. The first-order valence-electron chi connectivity index (χ1n) is 5.93. The molecule has 1 aromatic carbocycles. The average molecular weight is 229 g/mol. The molecule has 2 heterocycles. The molecule has 0 spiro atoms. The molecule has 88 valence electrons. The maximum absolute atomic E-state index is 5.27. The summed E-state index contributed by atoms with van der Waals surface area (Å²) in [6, 6.07) is 6.23. The van der Waals surface area contributed by atoms with Gasteiger partial charge in [0.2, 0.25) is 0 Å². The number of hydrogen-bond acceptors (Lipinski definition) is 2. The molecule has 0 saturated carbocycles. The monoisotopic (exact) mass is 229 g/mol. The lowest BCUT2D eigenvalue weighted by atomic mass is 9.95. The highest BCUT2D eigenvalue weighted by Gasteiger charge is 2.21. The molecule has 2 aliphatic heterocycles. The lowest BCUT2D eigenvalue weighted by molar-refractivity contribution is -0.819. The fourth-order valence-electron chi connectivity index (χ4n) is 2.42. The molecule has 1 atom stereocenters. The molecular formula is C14H17N2O+. The highest BCUT2D eigenvalue weighted by Crippen LogP contribution is 2.31. The number of methoxy groups -OCH3 is 1. The van der Waals surface area contributed by atoms with E-state index in [1.54, 1.807) is 7.11 Å². The van der Waals surface area contributed by atoms with Gasteiger partial charge in [0.05, 0.1) is 26.1 Å². The van der Waals surface area contributed by atoms with Crippen LogP contribution in [0.3, 0.4) is 0 Å². The number of ether oxygens (including phenoxy) is 1. The Morgan fingerprint density at radius 3 is 3.06 bits per heavy atom. The maximum Gasteiger partial charge on any atom is 0.122 e. The highest BCUT2D eigenvalue weighted by molar-refractivity contribution is 5.63. The van der Waals surface area contributed by atoms with Gasteiger partial charge in [-0.1, -0.05) is 0 Å². The molecule has 2 N–H and O–H groups in total. The third-order valence-corrected chi connectivity index (χ3v) is 3.39. The van der Waals surface area contributed by atoms with Gasteiger partial charge in [-0.05, 0) is 35.4 Å². The molecule has 1 unspecified atom stereocenters. The van der Waals surface area contributed by atoms with Gasteiger partial charge in [0.1, 0.15) is 12.3 Å². The third kappa shape index (κ3) is 1.83. The van der Waals surface area contributed by atoms with E-state index in [-0.39, 0.29) is 0 Å². The van der Waals surface area contributed by atoms with Gasteiger partial charge in [-0.3, -0.25) is 0 Å². The van der Waals surface area contributed by atoms with Gasteiger partial charge >= 0.3 is 0 Å². The molecule has 1 aromatic rings.